The van der Waals surface area contributed by atoms with E-state index in [4.69, 9.17) is 21.1 Å². The highest BCUT2D eigenvalue weighted by atomic mass is 35.5. The molecule has 3 nitrogen and oxygen atoms in total. The Balaban J connectivity index is 2.89. The monoisotopic (exact) mass is 214 g/mol. The molecule has 0 radical (unpaired) electrons. The summed E-state index contributed by atoms with van der Waals surface area (Å²) in [6.07, 6.45) is 0.992. The van der Waals surface area contributed by atoms with Gasteiger partial charge in [0.15, 0.2) is 5.82 Å². The molecule has 0 unspecified atom stereocenters. The van der Waals surface area contributed by atoms with Gasteiger partial charge in [-0.25, -0.2) is 9.18 Å². The predicted octanol–water partition coefficient (Wildman–Crippen LogP) is 2.92. The van der Waals surface area contributed by atoms with E-state index in [1.54, 1.807) is 0 Å². The smallest absolute Gasteiger partial charge is 0.339 e. The third-order valence-corrected chi connectivity index (χ3v) is 2.15. The highest BCUT2D eigenvalue weighted by Gasteiger charge is 2.17. The standard InChI is InChI=1S/C9H4ClFO3/c10-5-1-2-6-7(8(5)11)4(3-14-6)9(12)13/h1-3H,(H,12,13). The van der Waals surface area contributed by atoms with Crippen molar-refractivity contribution in [3.05, 3.63) is 34.8 Å². The molecule has 0 atom stereocenters. The Kier molecular flexibility index (Phi) is 1.93. The number of benzene rings is 1. The topological polar surface area (TPSA) is 50.4 Å². The summed E-state index contributed by atoms with van der Waals surface area (Å²) in [4.78, 5) is 10.7. The van der Waals surface area contributed by atoms with Crippen LogP contribution in [0.3, 0.4) is 0 Å². The van der Waals surface area contributed by atoms with E-state index in [0.717, 1.165) is 6.26 Å². The van der Waals surface area contributed by atoms with E-state index in [9.17, 15) is 9.18 Å². The second-order valence-electron chi connectivity index (χ2n) is 2.69. The quantitative estimate of drug-likeness (QED) is 0.794. The number of carbonyl (C=O) groups is 1. The Morgan fingerprint density at radius 1 is 1.50 bits per heavy atom. The fourth-order valence-electron chi connectivity index (χ4n) is 1.22. The lowest BCUT2D eigenvalue weighted by molar-refractivity contribution is 0.0697. The van der Waals surface area contributed by atoms with Crippen molar-refractivity contribution in [2.45, 2.75) is 0 Å². The molecule has 1 aromatic heterocycles. The molecule has 0 bridgehead atoms. The van der Waals surface area contributed by atoms with Crippen molar-refractivity contribution in [2.75, 3.05) is 0 Å². The second-order valence-corrected chi connectivity index (χ2v) is 3.10. The molecular weight excluding hydrogens is 211 g/mol. The van der Waals surface area contributed by atoms with Gasteiger partial charge in [0.2, 0.25) is 0 Å². The van der Waals surface area contributed by atoms with Crippen LogP contribution >= 0.6 is 11.6 Å². The fourth-order valence-corrected chi connectivity index (χ4v) is 1.38. The molecule has 0 amide bonds. The molecule has 1 heterocycles. The van der Waals surface area contributed by atoms with Gasteiger partial charge < -0.3 is 9.52 Å². The Labute approximate surface area is 82.7 Å². The normalized spacial score (nSPS) is 10.7. The van der Waals surface area contributed by atoms with Gasteiger partial charge in [-0.2, -0.15) is 0 Å². The minimum atomic E-state index is -1.25. The van der Waals surface area contributed by atoms with E-state index in [1.165, 1.54) is 12.1 Å². The molecule has 0 saturated carbocycles. The van der Waals surface area contributed by atoms with Crippen LogP contribution in [0.5, 0.6) is 0 Å². The maximum Gasteiger partial charge on any atom is 0.339 e. The SMILES string of the molecule is O=C(O)c1coc2ccc(Cl)c(F)c12. The summed E-state index contributed by atoms with van der Waals surface area (Å²) >= 11 is 5.51. The average molecular weight is 215 g/mol. The van der Waals surface area contributed by atoms with Crippen molar-refractivity contribution in [2.24, 2.45) is 0 Å². The number of halogens is 2. The molecule has 1 N–H and O–H groups in total. The van der Waals surface area contributed by atoms with E-state index in [-0.39, 0.29) is 21.6 Å². The van der Waals surface area contributed by atoms with Gasteiger partial charge in [0, 0.05) is 0 Å². The molecular formula is C9H4ClFO3. The molecule has 0 aliphatic heterocycles. The highest BCUT2D eigenvalue weighted by Crippen LogP contribution is 2.28. The van der Waals surface area contributed by atoms with Crippen LogP contribution in [-0.2, 0) is 0 Å². The van der Waals surface area contributed by atoms with Crippen molar-refractivity contribution < 1.29 is 18.7 Å². The maximum absolute atomic E-state index is 13.4. The number of fused-ring (bicyclic) bond motifs is 1. The zero-order chi connectivity index (χ0) is 10.3. The molecule has 72 valence electrons. The van der Waals surface area contributed by atoms with Crippen molar-refractivity contribution in [1.29, 1.82) is 0 Å². The molecule has 0 fully saturated rings. The van der Waals surface area contributed by atoms with Crippen LogP contribution in [0.1, 0.15) is 10.4 Å². The molecule has 2 aromatic rings. The number of furan rings is 1. The number of rotatable bonds is 1. The summed E-state index contributed by atoms with van der Waals surface area (Å²) in [5, 5.41) is 8.50. The summed E-state index contributed by atoms with van der Waals surface area (Å²) < 4.78 is 18.3. The summed E-state index contributed by atoms with van der Waals surface area (Å²) in [5.41, 5.74) is -0.0516. The van der Waals surface area contributed by atoms with E-state index in [1.807, 2.05) is 0 Å². The maximum atomic E-state index is 13.4. The van der Waals surface area contributed by atoms with Crippen LogP contribution in [0.4, 0.5) is 4.39 Å². The Morgan fingerprint density at radius 3 is 2.86 bits per heavy atom. The fraction of sp³-hybridized carbons (Fsp3) is 0. The molecule has 1 aromatic carbocycles. The van der Waals surface area contributed by atoms with E-state index in [0.29, 0.717) is 0 Å². The van der Waals surface area contributed by atoms with Crippen molar-refractivity contribution in [3.63, 3.8) is 0 Å². The number of hydrogen-bond acceptors (Lipinski definition) is 2. The Hall–Kier alpha value is -1.55. The van der Waals surface area contributed by atoms with Gasteiger partial charge in [0.05, 0.1) is 10.4 Å². The van der Waals surface area contributed by atoms with Crippen LogP contribution in [0.25, 0.3) is 11.0 Å². The van der Waals surface area contributed by atoms with Crippen LogP contribution in [0.2, 0.25) is 5.02 Å². The van der Waals surface area contributed by atoms with Gasteiger partial charge in [-0.3, -0.25) is 0 Å². The molecule has 0 spiro atoms. The van der Waals surface area contributed by atoms with Gasteiger partial charge in [-0.05, 0) is 12.1 Å². The summed E-state index contributed by atoms with van der Waals surface area (Å²) in [5.74, 6) is -2.01. The van der Waals surface area contributed by atoms with Crippen LogP contribution in [0, 0.1) is 5.82 Å². The van der Waals surface area contributed by atoms with Gasteiger partial charge in [0.1, 0.15) is 17.4 Å². The molecule has 2 rings (SSSR count). The van der Waals surface area contributed by atoms with Crippen LogP contribution in [0.15, 0.2) is 22.8 Å². The summed E-state index contributed by atoms with van der Waals surface area (Å²) in [7, 11) is 0. The first-order valence-corrected chi connectivity index (χ1v) is 4.07. The van der Waals surface area contributed by atoms with E-state index < -0.39 is 11.8 Å². The molecule has 14 heavy (non-hydrogen) atoms. The molecule has 0 aliphatic rings. The van der Waals surface area contributed by atoms with E-state index in [2.05, 4.69) is 0 Å². The van der Waals surface area contributed by atoms with Crippen LogP contribution < -0.4 is 0 Å². The number of carboxylic acid groups (broad SMARTS) is 1. The van der Waals surface area contributed by atoms with Crippen LogP contribution in [-0.4, -0.2) is 11.1 Å². The van der Waals surface area contributed by atoms with Crippen molar-refractivity contribution in [3.8, 4) is 0 Å². The molecule has 0 aliphatic carbocycles. The first-order chi connectivity index (χ1) is 6.61. The average Bonchev–Trinajstić information content (AvgIpc) is 2.55. The third-order valence-electron chi connectivity index (χ3n) is 1.86. The second kappa shape index (κ2) is 2.99. The number of hydrogen-bond donors (Lipinski definition) is 1. The van der Waals surface area contributed by atoms with Gasteiger partial charge in [0.25, 0.3) is 0 Å². The first-order valence-electron chi connectivity index (χ1n) is 3.69. The molecule has 0 saturated heterocycles. The summed E-state index contributed by atoms with van der Waals surface area (Å²) in [6, 6.07) is 2.74. The Bertz CT molecular complexity index is 518. The first kappa shape index (κ1) is 9.02. The van der Waals surface area contributed by atoms with Crippen molar-refractivity contribution >= 4 is 28.5 Å². The summed E-state index contributed by atoms with van der Waals surface area (Å²) in [6.45, 7) is 0. The number of aromatic carboxylic acids is 1. The molecule has 5 heteroatoms. The highest BCUT2D eigenvalue weighted by molar-refractivity contribution is 6.31. The van der Waals surface area contributed by atoms with E-state index >= 15 is 0 Å². The zero-order valence-electron chi connectivity index (χ0n) is 6.75. The largest absolute Gasteiger partial charge is 0.478 e. The number of carboxylic acids is 1. The van der Waals surface area contributed by atoms with Gasteiger partial charge in [-0.15, -0.1) is 0 Å². The predicted molar refractivity (Wildman–Crippen MR) is 48.1 cm³/mol. The lowest BCUT2D eigenvalue weighted by Gasteiger charge is -1.95. The zero-order valence-corrected chi connectivity index (χ0v) is 7.51. The third kappa shape index (κ3) is 1.15. The lowest BCUT2D eigenvalue weighted by Crippen LogP contribution is -1.95. The minimum absolute atomic E-state index is 0.0926. The Morgan fingerprint density at radius 2 is 2.21 bits per heavy atom. The minimum Gasteiger partial charge on any atom is -0.478 e. The van der Waals surface area contributed by atoms with Gasteiger partial charge in [-0.1, -0.05) is 11.6 Å². The lowest BCUT2D eigenvalue weighted by atomic mass is 10.1. The van der Waals surface area contributed by atoms with Gasteiger partial charge >= 0.3 is 5.97 Å². The van der Waals surface area contributed by atoms with Crippen molar-refractivity contribution in [1.82, 2.24) is 0 Å².